The minimum Gasteiger partial charge on any atom is -1.00 e. The normalized spacial score (nSPS) is 17.6. The van der Waals surface area contributed by atoms with Crippen molar-refractivity contribution in [3.05, 3.63) is 35.4 Å². The molecule has 0 heterocycles. The molecular weight excluding hydrogens is 195 g/mol. The summed E-state index contributed by atoms with van der Waals surface area (Å²) >= 11 is -1.67. The van der Waals surface area contributed by atoms with Crippen LogP contribution in [0.5, 0.6) is 0 Å². The largest absolute Gasteiger partial charge is 1.00 e. The monoisotopic (exact) mass is 206 g/mol. The summed E-state index contributed by atoms with van der Waals surface area (Å²) in [6, 6.07) is 8.01. The predicted molar refractivity (Wildman–Crippen MR) is 49.5 cm³/mol. The smallest absolute Gasteiger partial charge is 1.00 e. The van der Waals surface area contributed by atoms with E-state index in [1.54, 1.807) is 0 Å². The Kier molecular flexibility index (Phi) is 4.13. The number of hydrogen-bond donors (Lipinski definition) is 1. The average molecular weight is 206 g/mol. The van der Waals surface area contributed by atoms with Gasteiger partial charge in [-0.05, 0) is 24.0 Å². The van der Waals surface area contributed by atoms with Crippen LogP contribution in [0, 0.1) is 0 Å². The first-order chi connectivity index (χ1) is 5.77. The number of benzene rings is 1. The summed E-state index contributed by atoms with van der Waals surface area (Å²) < 4.78 is 19.7. The standard InChI is InChI=1S/C9H10O2S.Na.H/c10-12(11)9-5-7-3-1-2-4-8(7)6-9;;/h1-4,9H,5-6H2,(H,10,11);;/q;+1;-1. The zero-order valence-corrected chi connectivity index (χ0v) is 10.4. The predicted octanol–water partition coefficient (Wildman–Crippen LogP) is -1.51. The molecule has 2 nitrogen and oxygen atoms in total. The molecule has 0 spiro atoms. The van der Waals surface area contributed by atoms with Crippen molar-refractivity contribution in [2.45, 2.75) is 18.1 Å². The maximum atomic E-state index is 10.8. The fourth-order valence-corrected chi connectivity index (χ4v) is 2.31. The second-order valence-corrected chi connectivity index (χ2v) is 4.29. The summed E-state index contributed by atoms with van der Waals surface area (Å²) in [6.07, 6.45) is 1.50. The summed E-state index contributed by atoms with van der Waals surface area (Å²) in [5.74, 6) is 0. The van der Waals surface area contributed by atoms with Gasteiger partial charge in [0.05, 0.1) is 5.25 Å². The Balaban J connectivity index is 0.000000845. The molecule has 0 fully saturated rings. The Morgan fingerprint density at radius 3 is 2.15 bits per heavy atom. The van der Waals surface area contributed by atoms with Gasteiger partial charge in [0.15, 0.2) is 11.1 Å². The fraction of sp³-hybridized carbons (Fsp3) is 0.333. The third-order valence-electron chi connectivity index (χ3n) is 2.30. The zero-order chi connectivity index (χ0) is 8.55. The third kappa shape index (κ3) is 2.42. The zero-order valence-electron chi connectivity index (χ0n) is 8.56. The van der Waals surface area contributed by atoms with Crippen LogP contribution in [0.15, 0.2) is 24.3 Å². The van der Waals surface area contributed by atoms with Gasteiger partial charge in [0, 0.05) is 0 Å². The molecule has 66 valence electrons. The Hall–Kier alpha value is 0.330. The Labute approximate surface area is 104 Å². The van der Waals surface area contributed by atoms with Gasteiger partial charge < -0.3 is 5.98 Å². The van der Waals surface area contributed by atoms with E-state index in [4.69, 9.17) is 4.55 Å². The van der Waals surface area contributed by atoms with Crippen molar-refractivity contribution in [2.24, 2.45) is 0 Å². The fourth-order valence-electron chi connectivity index (χ4n) is 1.66. The van der Waals surface area contributed by atoms with Crippen LogP contribution in [0.2, 0.25) is 0 Å². The van der Waals surface area contributed by atoms with Gasteiger partial charge in [0.25, 0.3) is 0 Å². The summed E-state index contributed by atoms with van der Waals surface area (Å²) in [7, 11) is 0. The maximum absolute atomic E-state index is 10.8. The average Bonchev–Trinajstić information content (AvgIpc) is 2.46. The van der Waals surface area contributed by atoms with E-state index < -0.39 is 11.1 Å². The molecule has 1 atom stereocenters. The topological polar surface area (TPSA) is 37.3 Å². The van der Waals surface area contributed by atoms with Crippen molar-refractivity contribution < 1.29 is 39.7 Å². The van der Waals surface area contributed by atoms with Gasteiger partial charge >= 0.3 is 29.6 Å². The molecule has 1 N–H and O–H groups in total. The SMILES string of the molecule is O=S(O)C1Cc2ccccc2C1.[H-].[Na+]. The van der Waals surface area contributed by atoms with Crippen molar-refractivity contribution in [2.75, 3.05) is 0 Å². The summed E-state index contributed by atoms with van der Waals surface area (Å²) in [6.45, 7) is 0. The van der Waals surface area contributed by atoms with Crippen molar-refractivity contribution in [3.8, 4) is 0 Å². The molecular formula is C9H11NaO2S. The van der Waals surface area contributed by atoms with E-state index in [0.717, 1.165) is 12.8 Å². The van der Waals surface area contributed by atoms with Crippen LogP contribution < -0.4 is 29.6 Å². The van der Waals surface area contributed by atoms with E-state index in [9.17, 15) is 4.21 Å². The van der Waals surface area contributed by atoms with Crippen LogP contribution in [0.25, 0.3) is 0 Å². The van der Waals surface area contributed by atoms with Gasteiger partial charge in [0.2, 0.25) is 0 Å². The van der Waals surface area contributed by atoms with Gasteiger partial charge in [-0.3, -0.25) is 0 Å². The molecule has 1 unspecified atom stereocenters. The molecule has 0 saturated carbocycles. The van der Waals surface area contributed by atoms with E-state index in [2.05, 4.69) is 0 Å². The van der Waals surface area contributed by atoms with Crippen molar-refractivity contribution in [3.63, 3.8) is 0 Å². The first kappa shape index (κ1) is 11.4. The molecule has 0 bridgehead atoms. The summed E-state index contributed by atoms with van der Waals surface area (Å²) in [4.78, 5) is 0. The molecule has 2 rings (SSSR count). The molecule has 0 radical (unpaired) electrons. The summed E-state index contributed by atoms with van der Waals surface area (Å²) in [5.41, 5.74) is 2.45. The van der Waals surface area contributed by atoms with Gasteiger partial charge in [-0.25, -0.2) is 4.21 Å². The number of rotatable bonds is 1. The molecule has 1 aliphatic carbocycles. The minimum atomic E-state index is -1.67. The van der Waals surface area contributed by atoms with Gasteiger partial charge in [-0.1, -0.05) is 24.3 Å². The van der Waals surface area contributed by atoms with Crippen molar-refractivity contribution in [1.29, 1.82) is 0 Å². The quantitative estimate of drug-likeness (QED) is 0.448. The van der Waals surface area contributed by atoms with Gasteiger partial charge in [-0.15, -0.1) is 0 Å². The first-order valence-corrected chi connectivity index (χ1v) is 5.11. The number of hydrogen-bond acceptors (Lipinski definition) is 1. The molecule has 1 aromatic rings. The van der Waals surface area contributed by atoms with Gasteiger partial charge in [0.1, 0.15) is 0 Å². The Bertz CT molecular complexity index is 307. The van der Waals surface area contributed by atoms with Crippen LogP contribution in [0.3, 0.4) is 0 Å². The summed E-state index contributed by atoms with van der Waals surface area (Å²) in [5, 5.41) is -0.0811. The van der Waals surface area contributed by atoms with E-state index >= 15 is 0 Å². The van der Waals surface area contributed by atoms with E-state index in [0.29, 0.717) is 0 Å². The van der Waals surface area contributed by atoms with Crippen LogP contribution in [0.1, 0.15) is 12.6 Å². The maximum Gasteiger partial charge on any atom is 1.00 e. The Morgan fingerprint density at radius 1 is 1.31 bits per heavy atom. The molecule has 0 aromatic heterocycles. The molecule has 13 heavy (non-hydrogen) atoms. The van der Waals surface area contributed by atoms with Gasteiger partial charge in [-0.2, -0.15) is 0 Å². The van der Waals surface area contributed by atoms with Crippen molar-refractivity contribution in [1.82, 2.24) is 0 Å². The van der Waals surface area contributed by atoms with E-state index in [-0.39, 0.29) is 36.2 Å². The molecule has 1 aromatic carbocycles. The molecule has 4 heteroatoms. The molecule has 1 aliphatic rings. The van der Waals surface area contributed by atoms with E-state index in [1.165, 1.54) is 11.1 Å². The van der Waals surface area contributed by atoms with Crippen LogP contribution in [0.4, 0.5) is 0 Å². The minimum absolute atomic E-state index is 0. The molecule has 0 saturated heterocycles. The molecule has 0 aliphatic heterocycles. The second kappa shape index (κ2) is 4.71. The second-order valence-electron chi connectivity index (χ2n) is 3.08. The first-order valence-electron chi connectivity index (χ1n) is 3.94. The van der Waals surface area contributed by atoms with E-state index in [1.807, 2.05) is 24.3 Å². The van der Waals surface area contributed by atoms with Crippen LogP contribution in [-0.4, -0.2) is 14.0 Å². The van der Waals surface area contributed by atoms with Crippen LogP contribution in [-0.2, 0) is 23.9 Å². The van der Waals surface area contributed by atoms with Crippen molar-refractivity contribution >= 4 is 11.1 Å². The molecule has 0 amide bonds. The van der Waals surface area contributed by atoms with Crippen LogP contribution >= 0.6 is 0 Å². The number of fused-ring (bicyclic) bond motifs is 1. The third-order valence-corrected chi connectivity index (χ3v) is 3.20. The Morgan fingerprint density at radius 2 is 1.77 bits per heavy atom.